The molecule has 0 saturated heterocycles. The predicted octanol–water partition coefficient (Wildman–Crippen LogP) is 3.08. The molecule has 0 radical (unpaired) electrons. The zero-order chi connectivity index (χ0) is 12.5. The van der Waals surface area contributed by atoms with Gasteiger partial charge in [0.1, 0.15) is 12.4 Å². The molecule has 1 aliphatic heterocycles. The molecule has 0 spiro atoms. The normalized spacial score (nSPS) is 12.9. The van der Waals surface area contributed by atoms with E-state index in [2.05, 4.69) is 0 Å². The molecule has 0 amide bonds. The number of hydrogen-bond donors (Lipinski definition) is 0. The van der Waals surface area contributed by atoms with Crippen molar-refractivity contribution in [1.82, 2.24) is 0 Å². The first kappa shape index (κ1) is 10.8. The number of non-ortho nitro benzene ring substituents is 1. The fourth-order valence-electron chi connectivity index (χ4n) is 2.19. The largest absolute Gasteiger partial charge is 0.489 e. The number of nitro benzene ring substituents is 1. The summed E-state index contributed by atoms with van der Waals surface area (Å²) in [5.74, 6) is 0.733. The van der Waals surface area contributed by atoms with Gasteiger partial charge < -0.3 is 4.74 Å². The van der Waals surface area contributed by atoms with Gasteiger partial charge in [0, 0.05) is 24.1 Å². The number of benzene rings is 2. The second-order valence-electron chi connectivity index (χ2n) is 4.28. The van der Waals surface area contributed by atoms with E-state index in [0.29, 0.717) is 13.0 Å². The Morgan fingerprint density at radius 3 is 2.61 bits per heavy atom. The van der Waals surface area contributed by atoms with Crippen molar-refractivity contribution in [3.63, 3.8) is 0 Å². The maximum atomic E-state index is 10.8. The summed E-state index contributed by atoms with van der Waals surface area (Å²) in [6.07, 6.45) is 0.674. The topological polar surface area (TPSA) is 52.4 Å². The van der Waals surface area contributed by atoms with Crippen LogP contribution in [0.2, 0.25) is 0 Å². The van der Waals surface area contributed by atoms with Crippen LogP contribution in [0.5, 0.6) is 5.75 Å². The zero-order valence-corrected chi connectivity index (χ0v) is 9.63. The van der Waals surface area contributed by atoms with E-state index in [0.717, 1.165) is 22.4 Å². The van der Waals surface area contributed by atoms with E-state index in [4.69, 9.17) is 4.74 Å². The molecule has 4 heteroatoms. The molecule has 4 nitrogen and oxygen atoms in total. The van der Waals surface area contributed by atoms with Crippen LogP contribution in [-0.2, 0) is 13.0 Å². The summed E-state index contributed by atoms with van der Waals surface area (Å²) >= 11 is 0. The van der Waals surface area contributed by atoms with Crippen LogP contribution in [0.15, 0.2) is 42.5 Å². The first-order valence-corrected chi connectivity index (χ1v) is 5.71. The second kappa shape index (κ2) is 4.14. The SMILES string of the molecule is O=[N+]([O-])c1ccc2c(c1)Cc1ccccc1CO2. The maximum absolute atomic E-state index is 10.8. The molecule has 3 rings (SSSR count). The van der Waals surface area contributed by atoms with Gasteiger partial charge in [-0.05, 0) is 17.2 Å². The minimum absolute atomic E-state index is 0.108. The number of rotatable bonds is 1. The number of hydrogen-bond acceptors (Lipinski definition) is 3. The highest BCUT2D eigenvalue weighted by Gasteiger charge is 2.16. The van der Waals surface area contributed by atoms with Gasteiger partial charge in [-0.25, -0.2) is 0 Å². The van der Waals surface area contributed by atoms with Crippen molar-refractivity contribution in [2.24, 2.45) is 0 Å². The Morgan fingerprint density at radius 2 is 1.83 bits per heavy atom. The third kappa shape index (κ3) is 1.82. The van der Waals surface area contributed by atoms with E-state index in [1.54, 1.807) is 12.1 Å². The third-order valence-corrected chi connectivity index (χ3v) is 3.14. The van der Waals surface area contributed by atoms with Gasteiger partial charge >= 0.3 is 0 Å². The van der Waals surface area contributed by atoms with Crippen molar-refractivity contribution in [3.05, 3.63) is 69.3 Å². The summed E-state index contributed by atoms with van der Waals surface area (Å²) in [6.45, 7) is 0.515. The standard InChI is InChI=1S/C14H11NO3/c16-15(17)13-5-6-14-12(8-13)7-10-3-1-2-4-11(10)9-18-14/h1-6,8H,7,9H2. The lowest BCUT2D eigenvalue weighted by Crippen LogP contribution is -1.95. The van der Waals surface area contributed by atoms with Crippen molar-refractivity contribution >= 4 is 5.69 Å². The first-order valence-electron chi connectivity index (χ1n) is 5.71. The number of ether oxygens (including phenoxy) is 1. The molecule has 1 heterocycles. The van der Waals surface area contributed by atoms with Crippen LogP contribution >= 0.6 is 0 Å². The smallest absolute Gasteiger partial charge is 0.269 e. The Labute approximate surface area is 104 Å². The number of nitro groups is 1. The van der Waals surface area contributed by atoms with Gasteiger partial charge in [0.15, 0.2) is 0 Å². The van der Waals surface area contributed by atoms with Crippen LogP contribution in [0.4, 0.5) is 5.69 Å². The molecule has 0 saturated carbocycles. The van der Waals surface area contributed by atoms with Gasteiger partial charge in [-0.3, -0.25) is 10.1 Å². The molecule has 0 bridgehead atoms. The fourth-order valence-corrected chi connectivity index (χ4v) is 2.19. The van der Waals surface area contributed by atoms with Crippen LogP contribution in [0.3, 0.4) is 0 Å². The van der Waals surface area contributed by atoms with Crippen LogP contribution in [0, 0.1) is 10.1 Å². The predicted molar refractivity (Wildman–Crippen MR) is 66.7 cm³/mol. The Kier molecular flexibility index (Phi) is 2.48. The molecular weight excluding hydrogens is 230 g/mol. The van der Waals surface area contributed by atoms with Gasteiger partial charge in [-0.1, -0.05) is 24.3 Å². The summed E-state index contributed by atoms with van der Waals surface area (Å²) in [5.41, 5.74) is 3.28. The molecule has 90 valence electrons. The molecule has 18 heavy (non-hydrogen) atoms. The lowest BCUT2D eigenvalue weighted by atomic mass is 10.0. The Balaban J connectivity index is 2.07. The lowest BCUT2D eigenvalue weighted by Gasteiger charge is -2.05. The van der Waals surface area contributed by atoms with Gasteiger partial charge in [-0.15, -0.1) is 0 Å². The Bertz CT molecular complexity index is 622. The second-order valence-corrected chi connectivity index (χ2v) is 4.28. The summed E-state index contributed by atoms with van der Waals surface area (Å²) in [6, 6.07) is 12.8. The van der Waals surface area contributed by atoms with Crippen LogP contribution in [0.1, 0.15) is 16.7 Å². The van der Waals surface area contributed by atoms with Crippen molar-refractivity contribution in [2.75, 3.05) is 0 Å². The van der Waals surface area contributed by atoms with E-state index in [1.165, 1.54) is 6.07 Å². The lowest BCUT2D eigenvalue weighted by molar-refractivity contribution is -0.384. The number of fused-ring (bicyclic) bond motifs is 2. The van der Waals surface area contributed by atoms with E-state index in [9.17, 15) is 10.1 Å². The molecule has 0 aliphatic carbocycles. The first-order chi connectivity index (χ1) is 8.74. The van der Waals surface area contributed by atoms with Gasteiger partial charge in [0.2, 0.25) is 0 Å². The molecule has 0 atom stereocenters. The van der Waals surface area contributed by atoms with E-state index in [-0.39, 0.29) is 10.6 Å². The summed E-state index contributed by atoms with van der Waals surface area (Å²) in [4.78, 5) is 10.4. The molecule has 0 unspecified atom stereocenters. The van der Waals surface area contributed by atoms with E-state index >= 15 is 0 Å². The molecule has 0 N–H and O–H groups in total. The van der Waals surface area contributed by atoms with Crippen molar-refractivity contribution < 1.29 is 9.66 Å². The van der Waals surface area contributed by atoms with Crippen molar-refractivity contribution in [1.29, 1.82) is 0 Å². The molecule has 0 aromatic heterocycles. The monoisotopic (exact) mass is 241 g/mol. The highest BCUT2D eigenvalue weighted by atomic mass is 16.6. The van der Waals surface area contributed by atoms with Crippen LogP contribution in [-0.4, -0.2) is 4.92 Å². The minimum Gasteiger partial charge on any atom is -0.489 e. The minimum atomic E-state index is -0.378. The summed E-state index contributed by atoms with van der Waals surface area (Å²) in [5, 5.41) is 10.8. The van der Waals surface area contributed by atoms with Crippen molar-refractivity contribution in [3.8, 4) is 5.75 Å². The maximum Gasteiger partial charge on any atom is 0.269 e. The van der Waals surface area contributed by atoms with Gasteiger partial charge in [0.25, 0.3) is 5.69 Å². The average Bonchev–Trinajstić information content (AvgIpc) is 2.56. The van der Waals surface area contributed by atoms with Crippen LogP contribution in [0.25, 0.3) is 0 Å². The summed E-state index contributed by atoms with van der Waals surface area (Å²) in [7, 11) is 0. The molecule has 2 aromatic carbocycles. The highest BCUT2D eigenvalue weighted by molar-refractivity contribution is 5.48. The molecular formula is C14H11NO3. The van der Waals surface area contributed by atoms with Gasteiger partial charge in [-0.2, -0.15) is 0 Å². The Morgan fingerprint density at radius 1 is 1.06 bits per heavy atom. The highest BCUT2D eigenvalue weighted by Crippen LogP contribution is 2.30. The summed E-state index contributed by atoms with van der Waals surface area (Å²) < 4.78 is 5.69. The fraction of sp³-hybridized carbons (Fsp3) is 0.143. The van der Waals surface area contributed by atoms with Gasteiger partial charge in [0.05, 0.1) is 4.92 Å². The molecule has 1 aliphatic rings. The van der Waals surface area contributed by atoms with Crippen LogP contribution < -0.4 is 4.74 Å². The van der Waals surface area contributed by atoms with E-state index in [1.807, 2.05) is 24.3 Å². The number of nitrogens with zero attached hydrogens (tertiary/aromatic N) is 1. The Hall–Kier alpha value is -2.36. The van der Waals surface area contributed by atoms with E-state index < -0.39 is 0 Å². The zero-order valence-electron chi connectivity index (χ0n) is 9.63. The molecule has 0 fully saturated rings. The third-order valence-electron chi connectivity index (χ3n) is 3.14. The van der Waals surface area contributed by atoms with Crippen molar-refractivity contribution in [2.45, 2.75) is 13.0 Å². The quantitative estimate of drug-likeness (QED) is 0.569. The molecule has 2 aromatic rings. The average molecular weight is 241 g/mol.